The Labute approximate surface area is 197 Å². The molecule has 0 aliphatic rings. The number of anilines is 1. The number of benzene rings is 3. The summed E-state index contributed by atoms with van der Waals surface area (Å²) in [5.41, 5.74) is 8.05. The Bertz CT molecular complexity index is 1180. The van der Waals surface area contributed by atoms with Gasteiger partial charge >= 0.3 is 7.82 Å². The second kappa shape index (κ2) is 10.7. The maximum atomic E-state index is 12.5. The number of hydrogen-bond acceptors (Lipinski definition) is 5. The molecule has 0 saturated heterocycles. The number of phosphoric acid groups is 1. The molecule has 0 unspecified atom stereocenters. The minimum atomic E-state index is -4.75. The molecule has 3 aromatic rings. The van der Waals surface area contributed by atoms with E-state index in [-0.39, 0.29) is 5.91 Å². The van der Waals surface area contributed by atoms with Gasteiger partial charge in [0.2, 0.25) is 5.91 Å². The highest BCUT2D eigenvalue weighted by atomic mass is 31.2. The lowest BCUT2D eigenvalue weighted by molar-refractivity contribution is -0.121. The van der Waals surface area contributed by atoms with E-state index in [1.165, 1.54) is 19.1 Å². The Balaban J connectivity index is 1.53. The van der Waals surface area contributed by atoms with Crippen LogP contribution in [0.1, 0.15) is 22.8 Å². The number of rotatable bonds is 9. The summed E-state index contributed by atoms with van der Waals surface area (Å²) in [6.07, 6.45) is 0. The van der Waals surface area contributed by atoms with Crippen molar-refractivity contribution in [3.8, 4) is 11.1 Å². The van der Waals surface area contributed by atoms with E-state index in [4.69, 9.17) is 15.5 Å². The van der Waals surface area contributed by atoms with E-state index in [0.717, 1.165) is 16.7 Å². The molecule has 0 aromatic heterocycles. The maximum absolute atomic E-state index is 12.5. The van der Waals surface area contributed by atoms with Gasteiger partial charge in [-0.3, -0.25) is 14.1 Å². The summed E-state index contributed by atoms with van der Waals surface area (Å²) in [5, 5.41) is 5.39. The number of amides is 2. The maximum Gasteiger partial charge on any atom is 0.469 e. The van der Waals surface area contributed by atoms with E-state index in [0.29, 0.717) is 17.8 Å². The predicted octanol–water partition coefficient (Wildman–Crippen LogP) is 3.05. The van der Waals surface area contributed by atoms with Crippen LogP contribution in [0, 0.1) is 0 Å². The van der Waals surface area contributed by atoms with Crippen LogP contribution in [0.5, 0.6) is 0 Å². The summed E-state index contributed by atoms with van der Waals surface area (Å²) >= 11 is 0. The Morgan fingerprint density at radius 2 is 1.53 bits per heavy atom. The fourth-order valence-corrected chi connectivity index (χ4v) is 3.43. The molecular formula is C24H26N3O6P. The fraction of sp³-hybridized carbons (Fsp3) is 0.167. The highest BCUT2D eigenvalue weighted by molar-refractivity contribution is 7.46. The fourth-order valence-electron chi connectivity index (χ4n) is 2.99. The molecule has 0 aliphatic heterocycles. The molecule has 3 rings (SSSR count). The van der Waals surface area contributed by atoms with Crippen molar-refractivity contribution >= 4 is 25.3 Å². The van der Waals surface area contributed by atoms with Crippen LogP contribution in [0.3, 0.4) is 0 Å². The van der Waals surface area contributed by atoms with Crippen molar-refractivity contribution in [2.24, 2.45) is 5.73 Å². The van der Waals surface area contributed by atoms with Crippen molar-refractivity contribution in [1.82, 2.24) is 5.32 Å². The zero-order chi connectivity index (χ0) is 24.8. The molecular weight excluding hydrogens is 457 g/mol. The first-order valence-electron chi connectivity index (χ1n) is 10.4. The zero-order valence-corrected chi connectivity index (χ0v) is 19.4. The smallest absolute Gasteiger partial charge is 0.348 e. The quantitative estimate of drug-likeness (QED) is 0.294. The summed E-state index contributed by atoms with van der Waals surface area (Å²) in [7, 11) is -4.75. The van der Waals surface area contributed by atoms with Crippen molar-refractivity contribution in [3.05, 3.63) is 90.0 Å². The number of carbonyl (C=O) groups is 2. The number of nitrogens with two attached hydrogens (primary N) is 1. The highest BCUT2D eigenvalue weighted by Crippen LogP contribution is 2.36. The van der Waals surface area contributed by atoms with Crippen LogP contribution in [0.25, 0.3) is 11.1 Å². The van der Waals surface area contributed by atoms with Crippen LogP contribution < -0.4 is 16.4 Å². The van der Waals surface area contributed by atoms with Gasteiger partial charge in [0.05, 0.1) is 6.61 Å². The summed E-state index contributed by atoms with van der Waals surface area (Å²) in [5.74, 6) is -0.971. The van der Waals surface area contributed by atoms with Crippen molar-refractivity contribution in [1.29, 1.82) is 0 Å². The Morgan fingerprint density at radius 3 is 2.12 bits per heavy atom. The lowest BCUT2D eigenvalue weighted by Crippen LogP contribution is -2.52. The molecule has 0 spiro atoms. The molecule has 2 amide bonds. The molecule has 0 radical (unpaired) electrons. The Hall–Kier alpha value is -3.33. The molecule has 0 fully saturated rings. The number of carbonyl (C=O) groups excluding carboxylic acids is 2. The van der Waals surface area contributed by atoms with Crippen LogP contribution in [0.15, 0.2) is 78.9 Å². The molecule has 0 saturated carbocycles. The lowest BCUT2D eigenvalue weighted by Gasteiger charge is -2.23. The molecule has 9 nitrogen and oxygen atoms in total. The third kappa shape index (κ3) is 7.34. The third-order valence-electron chi connectivity index (χ3n) is 4.97. The zero-order valence-electron chi connectivity index (χ0n) is 18.5. The number of nitrogens with one attached hydrogen (secondary N) is 2. The molecule has 0 heterocycles. The Kier molecular flexibility index (Phi) is 7.98. The minimum absolute atomic E-state index is 0.274. The van der Waals surface area contributed by atoms with Gasteiger partial charge in [-0.25, -0.2) is 4.57 Å². The standard InChI is InChI=1S/C24H26N3O6P/c1-24(25,16-33-34(30,31)32)23(29)27-21-13-11-20(12-14-21)22(28)26-15-17-7-9-19(10-8-17)18-5-3-2-4-6-18/h2-14H,15-16,25H2,1H3,(H,26,28)(H,27,29)(H2,30,31,32)/t24-/m0/s1. The van der Waals surface area contributed by atoms with E-state index in [2.05, 4.69) is 15.2 Å². The molecule has 10 heteroatoms. The highest BCUT2D eigenvalue weighted by Gasteiger charge is 2.32. The van der Waals surface area contributed by atoms with Crippen LogP contribution in [0.2, 0.25) is 0 Å². The first kappa shape index (κ1) is 25.3. The largest absolute Gasteiger partial charge is 0.469 e. The molecule has 34 heavy (non-hydrogen) atoms. The first-order chi connectivity index (χ1) is 16.0. The van der Waals surface area contributed by atoms with E-state index in [1.54, 1.807) is 12.1 Å². The second-order valence-corrected chi connectivity index (χ2v) is 9.20. The molecule has 178 valence electrons. The van der Waals surface area contributed by atoms with Gasteiger partial charge in [-0.2, -0.15) is 0 Å². The topological polar surface area (TPSA) is 151 Å². The normalized spacial score (nSPS) is 13.1. The van der Waals surface area contributed by atoms with Crippen LogP contribution in [-0.4, -0.2) is 33.7 Å². The molecule has 3 aromatic carbocycles. The van der Waals surface area contributed by atoms with E-state index >= 15 is 0 Å². The predicted molar refractivity (Wildman–Crippen MR) is 129 cm³/mol. The Morgan fingerprint density at radius 1 is 0.941 bits per heavy atom. The average molecular weight is 483 g/mol. The third-order valence-corrected chi connectivity index (χ3v) is 5.44. The van der Waals surface area contributed by atoms with Crippen LogP contribution in [-0.2, 0) is 20.4 Å². The summed E-state index contributed by atoms with van der Waals surface area (Å²) in [4.78, 5) is 42.3. The van der Waals surface area contributed by atoms with Crippen molar-refractivity contribution < 1.29 is 28.5 Å². The van der Waals surface area contributed by atoms with Gasteiger partial charge in [0.1, 0.15) is 5.54 Å². The summed E-state index contributed by atoms with van der Waals surface area (Å²) < 4.78 is 15.1. The van der Waals surface area contributed by atoms with Crippen LogP contribution >= 0.6 is 7.82 Å². The van der Waals surface area contributed by atoms with Gasteiger partial charge in [-0.1, -0.05) is 54.6 Å². The monoisotopic (exact) mass is 483 g/mol. The van der Waals surface area contributed by atoms with E-state index < -0.39 is 25.9 Å². The first-order valence-corrected chi connectivity index (χ1v) is 11.9. The lowest BCUT2D eigenvalue weighted by atomic mass is 10.0. The summed E-state index contributed by atoms with van der Waals surface area (Å²) in [6, 6.07) is 24.1. The van der Waals surface area contributed by atoms with E-state index in [9.17, 15) is 14.2 Å². The van der Waals surface area contributed by atoms with Gasteiger partial charge in [-0.15, -0.1) is 0 Å². The van der Waals surface area contributed by atoms with Crippen molar-refractivity contribution in [3.63, 3.8) is 0 Å². The number of phosphoric ester groups is 1. The van der Waals surface area contributed by atoms with Gasteiger partial charge in [0.25, 0.3) is 5.91 Å². The van der Waals surface area contributed by atoms with Crippen LogP contribution in [0.4, 0.5) is 5.69 Å². The minimum Gasteiger partial charge on any atom is -0.348 e. The van der Waals surface area contributed by atoms with Gasteiger partial charge in [-0.05, 0) is 47.9 Å². The molecule has 0 bridgehead atoms. The van der Waals surface area contributed by atoms with E-state index in [1.807, 2.05) is 54.6 Å². The molecule has 1 atom stereocenters. The second-order valence-electron chi connectivity index (χ2n) is 7.96. The van der Waals surface area contributed by atoms with Gasteiger partial charge < -0.3 is 26.2 Å². The molecule has 6 N–H and O–H groups in total. The SMILES string of the molecule is C[C@](N)(COP(=O)(O)O)C(=O)Nc1ccc(C(=O)NCc2ccc(-c3ccccc3)cc2)cc1. The average Bonchev–Trinajstić information content (AvgIpc) is 2.82. The summed E-state index contributed by atoms with van der Waals surface area (Å²) in [6.45, 7) is 0.972. The number of hydrogen-bond donors (Lipinski definition) is 5. The molecule has 0 aliphatic carbocycles. The van der Waals surface area contributed by atoms with Crippen molar-refractivity contribution in [2.45, 2.75) is 19.0 Å². The van der Waals surface area contributed by atoms with Crippen molar-refractivity contribution in [2.75, 3.05) is 11.9 Å². The van der Waals surface area contributed by atoms with Gasteiger partial charge in [0, 0.05) is 17.8 Å². The van der Waals surface area contributed by atoms with Gasteiger partial charge in [0.15, 0.2) is 0 Å².